The van der Waals surface area contributed by atoms with Crippen molar-refractivity contribution >= 4 is 5.91 Å². The molecule has 0 aromatic carbocycles. The summed E-state index contributed by atoms with van der Waals surface area (Å²) in [6.45, 7) is 8.68. The molecule has 2 atom stereocenters. The standard InChI is InChI=1S/C18H31NO/c1-4-16(15(2)3)13-17(20)19-12-8-11-18(14-19)9-6-5-7-10-18/h5-6,15-16H,4,7-14H2,1-3H3. The Morgan fingerprint density at radius 2 is 2.10 bits per heavy atom. The van der Waals surface area contributed by atoms with Gasteiger partial charge in [0.1, 0.15) is 0 Å². The van der Waals surface area contributed by atoms with Crippen LogP contribution in [-0.4, -0.2) is 23.9 Å². The minimum absolute atomic E-state index is 0.402. The zero-order valence-electron chi connectivity index (χ0n) is 13.5. The van der Waals surface area contributed by atoms with E-state index in [9.17, 15) is 4.79 Å². The monoisotopic (exact) mass is 277 g/mol. The lowest BCUT2D eigenvalue weighted by Crippen LogP contribution is -2.47. The number of hydrogen-bond acceptors (Lipinski definition) is 1. The summed E-state index contributed by atoms with van der Waals surface area (Å²) < 4.78 is 0. The fraction of sp³-hybridized carbons (Fsp3) is 0.833. The zero-order valence-corrected chi connectivity index (χ0v) is 13.5. The molecule has 0 saturated carbocycles. The van der Waals surface area contributed by atoms with Crippen LogP contribution in [0.2, 0.25) is 0 Å². The summed E-state index contributed by atoms with van der Waals surface area (Å²) in [6.07, 6.45) is 12.7. The summed E-state index contributed by atoms with van der Waals surface area (Å²) in [7, 11) is 0. The number of amides is 1. The Labute approximate surface area is 124 Å². The fourth-order valence-electron chi connectivity index (χ4n) is 3.94. The Hall–Kier alpha value is -0.790. The minimum Gasteiger partial charge on any atom is -0.342 e. The number of likely N-dealkylation sites (tertiary alicyclic amines) is 1. The number of nitrogens with zero attached hydrogens (tertiary/aromatic N) is 1. The lowest BCUT2D eigenvalue weighted by atomic mass is 9.71. The number of rotatable bonds is 4. The van der Waals surface area contributed by atoms with Gasteiger partial charge in [0.15, 0.2) is 0 Å². The van der Waals surface area contributed by atoms with Crippen molar-refractivity contribution in [1.29, 1.82) is 0 Å². The molecular weight excluding hydrogens is 246 g/mol. The molecule has 2 rings (SSSR count). The smallest absolute Gasteiger partial charge is 0.222 e. The van der Waals surface area contributed by atoms with Crippen LogP contribution >= 0.6 is 0 Å². The van der Waals surface area contributed by atoms with Crippen LogP contribution in [0.5, 0.6) is 0 Å². The highest BCUT2D eigenvalue weighted by Crippen LogP contribution is 2.41. The Kier molecular flexibility index (Phi) is 5.29. The van der Waals surface area contributed by atoms with Crippen molar-refractivity contribution in [1.82, 2.24) is 4.90 Å². The second-order valence-corrected chi connectivity index (χ2v) is 7.25. The van der Waals surface area contributed by atoms with Gasteiger partial charge in [0.05, 0.1) is 0 Å². The first-order valence-electron chi connectivity index (χ1n) is 8.49. The topological polar surface area (TPSA) is 20.3 Å². The highest BCUT2D eigenvalue weighted by atomic mass is 16.2. The lowest BCUT2D eigenvalue weighted by molar-refractivity contribution is -0.136. The van der Waals surface area contributed by atoms with Gasteiger partial charge in [0.25, 0.3) is 0 Å². The van der Waals surface area contributed by atoms with E-state index in [1.54, 1.807) is 0 Å². The van der Waals surface area contributed by atoms with Crippen molar-refractivity contribution in [2.75, 3.05) is 13.1 Å². The Bertz CT molecular complexity index is 360. The first kappa shape index (κ1) is 15.6. The van der Waals surface area contributed by atoms with Crippen LogP contribution < -0.4 is 0 Å². The van der Waals surface area contributed by atoms with Crippen LogP contribution in [0.4, 0.5) is 0 Å². The molecular formula is C18H31NO. The Morgan fingerprint density at radius 3 is 2.70 bits per heavy atom. The molecule has 2 heteroatoms. The van der Waals surface area contributed by atoms with Gasteiger partial charge in [-0.2, -0.15) is 0 Å². The molecule has 20 heavy (non-hydrogen) atoms. The molecule has 0 aromatic rings. The lowest BCUT2D eigenvalue weighted by Gasteiger charge is -2.44. The number of piperidine rings is 1. The third-order valence-electron chi connectivity index (χ3n) is 5.48. The van der Waals surface area contributed by atoms with Crippen molar-refractivity contribution in [3.8, 4) is 0 Å². The highest BCUT2D eigenvalue weighted by Gasteiger charge is 2.37. The molecule has 2 unspecified atom stereocenters. The van der Waals surface area contributed by atoms with Crippen LogP contribution in [0.25, 0.3) is 0 Å². The van der Waals surface area contributed by atoms with E-state index < -0.39 is 0 Å². The molecule has 0 bridgehead atoms. The van der Waals surface area contributed by atoms with E-state index in [0.717, 1.165) is 25.9 Å². The predicted octanol–water partition coefficient (Wildman–Crippen LogP) is 4.41. The molecule has 1 aliphatic heterocycles. The molecule has 2 nitrogen and oxygen atoms in total. The van der Waals surface area contributed by atoms with Gasteiger partial charge in [-0.15, -0.1) is 0 Å². The normalized spacial score (nSPS) is 28.1. The third kappa shape index (κ3) is 3.65. The molecule has 1 aliphatic carbocycles. The van der Waals surface area contributed by atoms with Crippen LogP contribution in [0.1, 0.15) is 65.7 Å². The maximum Gasteiger partial charge on any atom is 0.222 e. The summed E-state index contributed by atoms with van der Waals surface area (Å²) >= 11 is 0. The summed E-state index contributed by atoms with van der Waals surface area (Å²) in [5, 5.41) is 0. The van der Waals surface area contributed by atoms with Gasteiger partial charge in [-0.3, -0.25) is 4.79 Å². The quantitative estimate of drug-likeness (QED) is 0.697. The maximum atomic E-state index is 12.6. The Balaban J connectivity index is 1.94. The molecule has 0 aromatic heterocycles. The van der Waals surface area contributed by atoms with Crippen molar-refractivity contribution in [3.63, 3.8) is 0 Å². The average molecular weight is 277 g/mol. The van der Waals surface area contributed by atoms with Crippen LogP contribution in [0.3, 0.4) is 0 Å². The van der Waals surface area contributed by atoms with Gasteiger partial charge >= 0.3 is 0 Å². The van der Waals surface area contributed by atoms with E-state index in [4.69, 9.17) is 0 Å². The van der Waals surface area contributed by atoms with Gasteiger partial charge in [0, 0.05) is 19.5 Å². The van der Waals surface area contributed by atoms with E-state index in [2.05, 4.69) is 37.8 Å². The van der Waals surface area contributed by atoms with Gasteiger partial charge in [-0.1, -0.05) is 39.3 Å². The first-order chi connectivity index (χ1) is 9.56. The summed E-state index contributed by atoms with van der Waals surface area (Å²) in [4.78, 5) is 14.8. The molecule has 2 aliphatic rings. The van der Waals surface area contributed by atoms with Crippen molar-refractivity contribution in [3.05, 3.63) is 12.2 Å². The molecule has 1 amide bonds. The van der Waals surface area contributed by atoms with Crippen molar-refractivity contribution in [2.45, 2.75) is 65.7 Å². The molecule has 0 radical (unpaired) electrons. The van der Waals surface area contributed by atoms with Crippen LogP contribution in [-0.2, 0) is 4.79 Å². The SMILES string of the molecule is CCC(CC(=O)N1CCCC2(CC=CCC2)C1)C(C)C. The second-order valence-electron chi connectivity index (χ2n) is 7.25. The van der Waals surface area contributed by atoms with Crippen LogP contribution in [0.15, 0.2) is 12.2 Å². The summed E-state index contributed by atoms with van der Waals surface area (Å²) in [5.41, 5.74) is 0.405. The minimum atomic E-state index is 0.402. The van der Waals surface area contributed by atoms with E-state index in [0.29, 0.717) is 23.2 Å². The molecule has 1 spiro atoms. The van der Waals surface area contributed by atoms with E-state index in [1.807, 2.05) is 0 Å². The second kappa shape index (κ2) is 6.78. The number of allylic oxidation sites excluding steroid dienone is 2. The first-order valence-corrected chi connectivity index (χ1v) is 8.49. The largest absolute Gasteiger partial charge is 0.342 e. The van der Waals surface area contributed by atoms with Gasteiger partial charge in [-0.05, 0) is 49.4 Å². The third-order valence-corrected chi connectivity index (χ3v) is 5.48. The fourth-order valence-corrected chi connectivity index (χ4v) is 3.94. The Morgan fingerprint density at radius 1 is 1.30 bits per heavy atom. The number of hydrogen-bond donors (Lipinski definition) is 0. The van der Waals surface area contributed by atoms with E-state index in [-0.39, 0.29) is 0 Å². The zero-order chi connectivity index (χ0) is 14.6. The average Bonchev–Trinajstić information content (AvgIpc) is 2.45. The van der Waals surface area contributed by atoms with E-state index >= 15 is 0 Å². The van der Waals surface area contributed by atoms with Gasteiger partial charge < -0.3 is 4.90 Å². The number of carbonyl (C=O) groups excluding carboxylic acids is 1. The number of carbonyl (C=O) groups is 1. The molecule has 1 heterocycles. The molecule has 1 saturated heterocycles. The van der Waals surface area contributed by atoms with Gasteiger partial charge in [0.2, 0.25) is 5.91 Å². The molecule has 0 N–H and O–H groups in total. The molecule has 1 fully saturated rings. The van der Waals surface area contributed by atoms with Crippen molar-refractivity contribution < 1.29 is 4.79 Å². The van der Waals surface area contributed by atoms with Gasteiger partial charge in [-0.25, -0.2) is 0 Å². The highest BCUT2D eigenvalue weighted by molar-refractivity contribution is 5.76. The van der Waals surface area contributed by atoms with Crippen molar-refractivity contribution in [2.24, 2.45) is 17.3 Å². The predicted molar refractivity (Wildman–Crippen MR) is 84.5 cm³/mol. The summed E-state index contributed by atoms with van der Waals surface area (Å²) in [6, 6.07) is 0. The van der Waals surface area contributed by atoms with E-state index in [1.165, 1.54) is 32.1 Å². The molecule has 114 valence electrons. The maximum absolute atomic E-state index is 12.6. The summed E-state index contributed by atoms with van der Waals surface area (Å²) in [5.74, 6) is 1.56. The van der Waals surface area contributed by atoms with Crippen LogP contribution in [0, 0.1) is 17.3 Å².